The summed E-state index contributed by atoms with van der Waals surface area (Å²) in [5.41, 5.74) is 5.77. The van der Waals surface area contributed by atoms with Crippen LogP contribution < -0.4 is 10.5 Å². The fourth-order valence-corrected chi connectivity index (χ4v) is 1.24. The van der Waals surface area contributed by atoms with Gasteiger partial charge in [-0.2, -0.15) is 0 Å². The largest absolute Gasteiger partial charge is 0.497 e. The molecule has 0 spiro atoms. The summed E-state index contributed by atoms with van der Waals surface area (Å²) >= 11 is 0. The molecule has 0 heterocycles. The second-order valence-electron chi connectivity index (χ2n) is 3.26. The molecule has 4 nitrogen and oxygen atoms in total. The Morgan fingerprint density at radius 1 is 1.38 bits per heavy atom. The van der Waals surface area contributed by atoms with Crippen LogP contribution in [0.4, 0.5) is 0 Å². The number of Topliss-reactive ketones (excluding diaryl/α,β-unsaturated/α-hetero) is 1. The Morgan fingerprint density at radius 2 is 2.06 bits per heavy atom. The smallest absolute Gasteiger partial charge is 0.252 e. The highest BCUT2D eigenvalue weighted by atomic mass is 16.5. The average molecular weight is 219 g/mol. The van der Waals surface area contributed by atoms with Crippen LogP contribution in [0, 0.1) is 0 Å². The van der Waals surface area contributed by atoms with Gasteiger partial charge in [0.1, 0.15) is 5.75 Å². The molecule has 1 aromatic rings. The number of ether oxygens (including phenoxy) is 1. The molecule has 4 heteroatoms. The zero-order valence-electron chi connectivity index (χ0n) is 9.19. The Bertz CT molecular complexity index is 433. The van der Waals surface area contributed by atoms with Gasteiger partial charge in [0.25, 0.3) is 5.91 Å². The SMILES string of the molecule is COc1cccc(C=C(C(C)=O)C(N)=O)c1. The van der Waals surface area contributed by atoms with Crippen LogP contribution in [0.3, 0.4) is 0 Å². The summed E-state index contributed by atoms with van der Waals surface area (Å²) in [5.74, 6) is -0.424. The Balaban J connectivity index is 3.12. The number of benzene rings is 1. The minimum absolute atomic E-state index is 0.0201. The van der Waals surface area contributed by atoms with Crippen LogP contribution in [0.25, 0.3) is 6.08 Å². The summed E-state index contributed by atoms with van der Waals surface area (Å²) in [6.07, 6.45) is 1.45. The van der Waals surface area contributed by atoms with Gasteiger partial charge in [-0.05, 0) is 30.7 Å². The van der Waals surface area contributed by atoms with E-state index in [4.69, 9.17) is 10.5 Å². The van der Waals surface area contributed by atoms with Crippen molar-refractivity contribution in [2.75, 3.05) is 7.11 Å². The van der Waals surface area contributed by atoms with E-state index in [2.05, 4.69) is 0 Å². The predicted molar refractivity (Wildman–Crippen MR) is 60.8 cm³/mol. The van der Waals surface area contributed by atoms with E-state index in [1.807, 2.05) is 0 Å². The highest BCUT2D eigenvalue weighted by Crippen LogP contribution is 2.15. The van der Waals surface area contributed by atoms with Crippen molar-refractivity contribution < 1.29 is 14.3 Å². The number of hydrogen-bond acceptors (Lipinski definition) is 3. The topological polar surface area (TPSA) is 69.4 Å². The number of carbonyl (C=O) groups excluding carboxylic acids is 2. The first-order chi connectivity index (χ1) is 7.54. The molecule has 2 N–H and O–H groups in total. The first-order valence-corrected chi connectivity index (χ1v) is 4.71. The normalized spacial score (nSPS) is 11.0. The summed E-state index contributed by atoms with van der Waals surface area (Å²) < 4.78 is 5.03. The van der Waals surface area contributed by atoms with Gasteiger partial charge in [0.15, 0.2) is 5.78 Å². The molecular weight excluding hydrogens is 206 g/mol. The van der Waals surface area contributed by atoms with Crippen LogP contribution in [0.1, 0.15) is 12.5 Å². The molecule has 0 aliphatic heterocycles. The molecule has 0 radical (unpaired) electrons. The lowest BCUT2D eigenvalue weighted by Crippen LogP contribution is -2.18. The zero-order valence-corrected chi connectivity index (χ0v) is 9.19. The second kappa shape index (κ2) is 5.11. The molecule has 0 aliphatic rings. The molecule has 0 saturated heterocycles. The van der Waals surface area contributed by atoms with Gasteiger partial charge in [0.2, 0.25) is 0 Å². The lowest BCUT2D eigenvalue weighted by atomic mass is 10.1. The maximum absolute atomic E-state index is 11.1. The average Bonchev–Trinajstić information content (AvgIpc) is 2.25. The molecule has 0 unspecified atom stereocenters. The molecule has 1 aromatic carbocycles. The van der Waals surface area contributed by atoms with Crippen molar-refractivity contribution in [2.45, 2.75) is 6.92 Å². The molecule has 0 fully saturated rings. The number of hydrogen-bond donors (Lipinski definition) is 1. The zero-order chi connectivity index (χ0) is 12.1. The van der Waals surface area contributed by atoms with E-state index in [0.717, 1.165) is 0 Å². The lowest BCUT2D eigenvalue weighted by Gasteiger charge is -2.02. The van der Waals surface area contributed by atoms with E-state index in [0.29, 0.717) is 11.3 Å². The third kappa shape index (κ3) is 2.95. The van der Waals surface area contributed by atoms with Gasteiger partial charge >= 0.3 is 0 Å². The van der Waals surface area contributed by atoms with Crippen molar-refractivity contribution in [3.05, 3.63) is 35.4 Å². The van der Waals surface area contributed by atoms with Crippen LogP contribution in [0.2, 0.25) is 0 Å². The van der Waals surface area contributed by atoms with Gasteiger partial charge in [0.05, 0.1) is 12.7 Å². The number of amides is 1. The molecule has 1 amide bonds. The van der Waals surface area contributed by atoms with E-state index >= 15 is 0 Å². The molecule has 16 heavy (non-hydrogen) atoms. The molecule has 1 rings (SSSR count). The van der Waals surface area contributed by atoms with E-state index in [-0.39, 0.29) is 11.4 Å². The molecule has 0 bridgehead atoms. The van der Waals surface area contributed by atoms with Crippen LogP contribution in [0.5, 0.6) is 5.75 Å². The fourth-order valence-electron chi connectivity index (χ4n) is 1.24. The lowest BCUT2D eigenvalue weighted by molar-refractivity contribution is -0.119. The summed E-state index contributed by atoms with van der Waals surface area (Å²) in [6.45, 7) is 1.30. The molecule has 84 valence electrons. The van der Waals surface area contributed by atoms with E-state index in [1.165, 1.54) is 13.0 Å². The molecule has 0 atom stereocenters. The van der Waals surface area contributed by atoms with Gasteiger partial charge in [-0.1, -0.05) is 12.1 Å². The van der Waals surface area contributed by atoms with Crippen molar-refractivity contribution in [2.24, 2.45) is 5.73 Å². The molecule has 0 aromatic heterocycles. The number of carbonyl (C=O) groups is 2. The van der Waals surface area contributed by atoms with Crippen LogP contribution in [-0.2, 0) is 9.59 Å². The van der Waals surface area contributed by atoms with Crippen molar-refractivity contribution in [1.82, 2.24) is 0 Å². The number of rotatable bonds is 4. The Hall–Kier alpha value is -2.10. The highest BCUT2D eigenvalue weighted by Gasteiger charge is 2.10. The van der Waals surface area contributed by atoms with Gasteiger partial charge in [0, 0.05) is 0 Å². The van der Waals surface area contributed by atoms with Gasteiger partial charge < -0.3 is 10.5 Å². The maximum atomic E-state index is 11.1. The van der Waals surface area contributed by atoms with Gasteiger partial charge in [-0.3, -0.25) is 9.59 Å². The monoisotopic (exact) mass is 219 g/mol. The number of methoxy groups -OCH3 is 1. The highest BCUT2D eigenvalue weighted by molar-refractivity contribution is 6.21. The standard InChI is InChI=1S/C12H13NO3/c1-8(14)11(12(13)15)7-9-4-3-5-10(6-9)16-2/h3-7H,1-2H3,(H2,13,15). The quantitative estimate of drug-likeness (QED) is 0.469. The third-order valence-electron chi connectivity index (χ3n) is 2.05. The first kappa shape index (κ1) is 12.0. The van der Waals surface area contributed by atoms with Crippen LogP contribution in [0.15, 0.2) is 29.8 Å². The van der Waals surface area contributed by atoms with Crippen molar-refractivity contribution in [3.8, 4) is 5.75 Å². The number of primary amides is 1. The Morgan fingerprint density at radius 3 is 2.56 bits per heavy atom. The van der Waals surface area contributed by atoms with Crippen LogP contribution in [-0.4, -0.2) is 18.8 Å². The van der Waals surface area contributed by atoms with E-state index in [9.17, 15) is 9.59 Å². The minimum Gasteiger partial charge on any atom is -0.497 e. The Labute approximate surface area is 93.7 Å². The predicted octanol–water partition coefficient (Wildman–Crippen LogP) is 1.15. The second-order valence-corrected chi connectivity index (χ2v) is 3.26. The van der Waals surface area contributed by atoms with Crippen molar-refractivity contribution in [3.63, 3.8) is 0 Å². The molecule has 0 saturated carbocycles. The van der Waals surface area contributed by atoms with Crippen molar-refractivity contribution >= 4 is 17.8 Å². The van der Waals surface area contributed by atoms with Gasteiger partial charge in [-0.15, -0.1) is 0 Å². The maximum Gasteiger partial charge on any atom is 0.252 e. The molecular formula is C12H13NO3. The van der Waals surface area contributed by atoms with Gasteiger partial charge in [-0.25, -0.2) is 0 Å². The molecule has 0 aliphatic carbocycles. The van der Waals surface area contributed by atoms with E-state index in [1.54, 1.807) is 31.4 Å². The van der Waals surface area contributed by atoms with E-state index < -0.39 is 5.91 Å². The third-order valence-corrected chi connectivity index (χ3v) is 2.05. The fraction of sp³-hybridized carbons (Fsp3) is 0.167. The summed E-state index contributed by atoms with van der Waals surface area (Å²) in [6, 6.07) is 7.01. The Kier molecular flexibility index (Phi) is 3.83. The van der Waals surface area contributed by atoms with Crippen molar-refractivity contribution in [1.29, 1.82) is 0 Å². The minimum atomic E-state index is -0.727. The first-order valence-electron chi connectivity index (χ1n) is 4.71. The summed E-state index contributed by atoms with van der Waals surface area (Å²) in [7, 11) is 1.54. The number of nitrogens with two attached hydrogens (primary N) is 1. The summed E-state index contributed by atoms with van der Waals surface area (Å²) in [4.78, 5) is 22.1. The summed E-state index contributed by atoms with van der Waals surface area (Å²) in [5, 5.41) is 0. The van der Waals surface area contributed by atoms with Crippen LogP contribution >= 0.6 is 0 Å². The number of ketones is 1.